The summed E-state index contributed by atoms with van der Waals surface area (Å²) in [6, 6.07) is 4.29. The average molecular weight is 321 g/mol. The molecule has 0 aliphatic carbocycles. The Labute approximate surface area is 136 Å². The van der Waals surface area contributed by atoms with E-state index in [0.29, 0.717) is 18.8 Å². The van der Waals surface area contributed by atoms with Crippen molar-refractivity contribution in [2.75, 3.05) is 20.2 Å². The van der Waals surface area contributed by atoms with Gasteiger partial charge in [0, 0.05) is 13.1 Å². The molecule has 2 rings (SSSR count). The number of hydrogen-bond donors (Lipinski definition) is 1. The van der Waals surface area contributed by atoms with Gasteiger partial charge in [-0.3, -0.25) is 4.79 Å². The summed E-state index contributed by atoms with van der Waals surface area (Å²) in [7, 11) is 1.47. The molecule has 0 saturated carbocycles. The first-order valence-corrected chi connectivity index (χ1v) is 7.89. The molecule has 1 aromatic rings. The molecule has 1 fully saturated rings. The molecule has 1 N–H and O–H groups in total. The third-order valence-electron chi connectivity index (χ3n) is 3.97. The Morgan fingerprint density at radius 2 is 1.83 bits per heavy atom. The molecule has 1 saturated heterocycles. The maximum absolute atomic E-state index is 12.4. The van der Waals surface area contributed by atoms with Crippen molar-refractivity contribution in [2.24, 2.45) is 0 Å². The van der Waals surface area contributed by atoms with Gasteiger partial charge in [0.1, 0.15) is 17.1 Å². The molecule has 1 amide bonds. The van der Waals surface area contributed by atoms with Gasteiger partial charge in [-0.25, -0.2) is 4.79 Å². The molecule has 126 valence electrons. The summed E-state index contributed by atoms with van der Waals surface area (Å²) in [6.07, 6.45) is 3.31. The number of carbonyl (C=O) groups is 2. The molecule has 1 aliphatic heterocycles. The highest BCUT2D eigenvalue weighted by atomic mass is 16.5. The summed E-state index contributed by atoms with van der Waals surface area (Å²) >= 11 is 0. The molecule has 6 nitrogen and oxygen atoms in total. The van der Waals surface area contributed by atoms with Crippen LogP contribution in [0.25, 0.3) is 0 Å². The van der Waals surface area contributed by atoms with Gasteiger partial charge in [-0.1, -0.05) is 12.8 Å². The minimum Gasteiger partial charge on any atom is -0.507 e. The standard InChI is InChI=1S/C17H23NO5/c1-12(16(20)18-9-5-3-4-6-10-18)23-17(21)14-11-13(22-2)7-8-15(14)19/h7-8,11-12,19H,3-6,9-10H2,1-2H3. The molecule has 1 aromatic carbocycles. The summed E-state index contributed by atoms with van der Waals surface area (Å²) in [6.45, 7) is 2.96. The quantitative estimate of drug-likeness (QED) is 0.862. The van der Waals surface area contributed by atoms with E-state index in [9.17, 15) is 14.7 Å². The largest absolute Gasteiger partial charge is 0.507 e. The fourth-order valence-corrected chi connectivity index (χ4v) is 2.63. The summed E-state index contributed by atoms with van der Waals surface area (Å²) in [5.41, 5.74) is -0.0140. The maximum Gasteiger partial charge on any atom is 0.342 e. The summed E-state index contributed by atoms with van der Waals surface area (Å²) < 4.78 is 10.3. The van der Waals surface area contributed by atoms with Gasteiger partial charge in [-0.15, -0.1) is 0 Å². The van der Waals surface area contributed by atoms with Crippen LogP contribution in [-0.2, 0) is 9.53 Å². The van der Waals surface area contributed by atoms with Crippen molar-refractivity contribution >= 4 is 11.9 Å². The molecule has 23 heavy (non-hydrogen) atoms. The summed E-state index contributed by atoms with van der Waals surface area (Å²) in [5.74, 6) is -0.703. The lowest BCUT2D eigenvalue weighted by Gasteiger charge is -2.24. The number of methoxy groups -OCH3 is 1. The third kappa shape index (κ3) is 4.37. The van der Waals surface area contributed by atoms with E-state index in [1.165, 1.54) is 25.3 Å². The predicted octanol–water partition coefficient (Wildman–Crippen LogP) is 2.35. The van der Waals surface area contributed by atoms with Crippen molar-refractivity contribution in [3.8, 4) is 11.5 Å². The van der Waals surface area contributed by atoms with E-state index in [4.69, 9.17) is 9.47 Å². The molecule has 1 aliphatic rings. The van der Waals surface area contributed by atoms with Crippen LogP contribution in [0.3, 0.4) is 0 Å². The molecule has 0 spiro atoms. The monoisotopic (exact) mass is 321 g/mol. The normalized spacial score (nSPS) is 16.3. The third-order valence-corrected chi connectivity index (χ3v) is 3.97. The molecule has 1 atom stereocenters. The van der Waals surface area contributed by atoms with E-state index >= 15 is 0 Å². The first kappa shape index (κ1) is 17.1. The zero-order valence-electron chi connectivity index (χ0n) is 13.6. The second-order valence-corrected chi connectivity index (χ2v) is 5.67. The van der Waals surface area contributed by atoms with Crippen LogP contribution < -0.4 is 4.74 Å². The number of carbonyl (C=O) groups excluding carboxylic acids is 2. The first-order valence-electron chi connectivity index (χ1n) is 7.89. The van der Waals surface area contributed by atoms with E-state index in [1.54, 1.807) is 11.8 Å². The molecule has 0 aromatic heterocycles. The number of nitrogens with zero attached hydrogens (tertiary/aromatic N) is 1. The molecule has 6 heteroatoms. The number of esters is 1. The van der Waals surface area contributed by atoms with Crippen molar-refractivity contribution in [3.05, 3.63) is 23.8 Å². The Morgan fingerprint density at radius 3 is 2.43 bits per heavy atom. The van der Waals surface area contributed by atoms with Gasteiger partial charge in [0.05, 0.1) is 7.11 Å². The molecule has 0 bridgehead atoms. The molecule has 1 unspecified atom stereocenters. The molecule has 0 radical (unpaired) electrons. The lowest BCUT2D eigenvalue weighted by atomic mass is 10.2. The van der Waals surface area contributed by atoms with Crippen LogP contribution in [-0.4, -0.2) is 48.2 Å². The Kier molecular flexibility index (Phi) is 5.84. The highest BCUT2D eigenvalue weighted by Gasteiger charge is 2.26. The van der Waals surface area contributed by atoms with Crippen LogP contribution in [0, 0.1) is 0 Å². The predicted molar refractivity (Wildman–Crippen MR) is 84.6 cm³/mol. The van der Waals surface area contributed by atoms with Gasteiger partial charge in [-0.2, -0.15) is 0 Å². The number of amides is 1. The number of phenolic OH excluding ortho intramolecular Hbond substituents is 1. The van der Waals surface area contributed by atoms with Crippen molar-refractivity contribution in [1.82, 2.24) is 4.90 Å². The first-order chi connectivity index (χ1) is 11.0. The number of phenols is 1. The van der Waals surface area contributed by atoms with Crippen LogP contribution >= 0.6 is 0 Å². The van der Waals surface area contributed by atoms with E-state index in [-0.39, 0.29) is 17.2 Å². The number of aromatic hydroxyl groups is 1. The Bertz CT molecular complexity index is 564. The number of hydrogen-bond acceptors (Lipinski definition) is 5. The van der Waals surface area contributed by atoms with Crippen molar-refractivity contribution in [3.63, 3.8) is 0 Å². The molecular weight excluding hydrogens is 298 g/mol. The minimum absolute atomic E-state index is 0.0140. The van der Waals surface area contributed by atoms with Crippen LogP contribution in [0.1, 0.15) is 43.0 Å². The number of ether oxygens (including phenoxy) is 2. The lowest BCUT2D eigenvalue weighted by Crippen LogP contribution is -2.40. The summed E-state index contributed by atoms with van der Waals surface area (Å²) in [4.78, 5) is 26.3. The zero-order valence-corrected chi connectivity index (χ0v) is 13.6. The lowest BCUT2D eigenvalue weighted by molar-refractivity contribution is -0.139. The van der Waals surface area contributed by atoms with Gasteiger partial charge >= 0.3 is 5.97 Å². The van der Waals surface area contributed by atoms with Crippen LogP contribution in [0.2, 0.25) is 0 Å². The van der Waals surface area contributed by atoms with E-state index in [0.717, 1.165) is 25.7 Å². The van der Waals surface area contributed by atoms with Gasteiger partial charge in [-0.05, 0) is 38.0 Å². The van der Waals surface area contributed by atoms with Gasteiger partial charge < -0.3 is 19.5 Å². The SMILES string of the molecule is COc1ccc(O)c(C(=O)OC(C)C(=O)N2CCCCCC2)c1. The van der Waals surface area contributed by atoms with Crippen LogP contribution in [0.15, 0.2) is 18.2 Å². The Hall–Kier alpha value is -2.24. The van der Waals surface area contributed by atoms with Crippen molar-refractivity contribution in [2.45, 2.75) is 38.7 Å². The fourth-order valence-electron chi connectivity index (χ4n) is 2.63. The number of benzene rings is 1. The van der Waals surface area contributed by atoms with Crippen molar-refractivity contribution < 1.29 is 24.2 Å². The highest BCUT2D eigenvalue weighted by molar-refractivity contribution is 5.95. The van der Waals surface area contributed by atoms with Gasteiger partial charge in [0.2, 0.25) is 0 Å². The smallest absolute Gasteiger partial charge is 0.342 e. The van der Waals surface area contributed by atoms with Crippen LogP contribution in [0.5, 0.6) is 11.5 Å². The van der Waals surface area contributed by atoms with Gasteiger partial charge in [0.15, 0.2) is 6.10 Å². The highest BCUT2D eigenvalue weighted by Crippen LogP contribution is 2.24. The maximum atomic E-state index is 12.4. The second-order valence-electron chi connectivity index (χ2n) is 5.67. The zero-order chi connectivity index (χ0) is 16.8. The minimum atomic E-state index is -0.883. The van der Waals surface area contributed by atoms with Crippen LogP contribution in [0.4, 0.5) is 0 Å². The van der Waals surface area contributed by atoms with E-state index in [1.807, 2.05) is 0 Å². The Balaban J connectivity index is 2.02. The summed E-state index contributed by atoms with van der Waals surface area (Å²) in [5, 5.41) is 9.79. The average Bonchev–Trinajstić information content (AvgIpc) is 2.83. The number of rotatable bonds is 4. The van der Waals surface area contributed by atoms with E-state index < -0.39 is 12.1 Å². The molecule has 1 heterocycles. The number of likely N-dealkylation sites (tertiary alicyclic amines) is 1. The second kappa shape index (κ2) is 7.85. The topological polar surface area (TPSA) is 76.1 Å². The molecular formula is C17H23NO5. The Morgan fingerprint density at radius 1 is 1.17 bits per heavy atom. The van der Waals surface area contributed by atoms with Gasteiger partial charge in [0.25, 0.3) is 5.91 Å². The fraction of sp³-hybridized carbons (Fsp3) is 0.529. The van der Waals surface area contributed by atoms with Crippen molar-refractivity contribution in [1.29, 1.82) is 0 Å². The van der Waals surface area contributed by atoms with E-state index in [2.05, 4.69) is 0 Å².